The highest BCUT2D eigenvalue weighted by molar-refractivity contribution is 7.89. The van der Waals surface area contributed by atoms with Crippen molar-refractivity contribution in [3.8, 4) is 11.1 Å². The number of carbonyl (C=O) groups excluding carboxylic acids is 1. The van der Waals surface area contributed by atoms with Gasteiger partial charge in [0.15, 0.2) is 0 Å². The van der Waals surface area contributed by atoms with Crippen LogP contribution >= 0.6 is 0 Å². The number of sulfonamides is 1. The van der Waals surface area contributed by atoms with Crippen molar-refractivity contribution in [2.45, 2.75) is 30.0 Å². The van der Waals surface area contributed by atoms with Crippen LogP contribution in [0.3, 0.4) is 0 Å². The molecule has 0 bridgehead atoms. The standard InChI is InChI=1S/C18H17F3N2O3S/c19-18(20,21)14-5-1-3-12(9-14)13-4-2-6-16(10-13)27(25,26)22-11-17(24)23-15-7-8-15/h1-6,9-10,15,22H,7-8,11H2,(H,23,24). The van der Waals surface area contributed by atoms with Crippen molar-refractivity contribution in [3.63, 3.8) is 0 Å². The minimum atomic E-state index is -4.49. The Hall–Kier alpha value is -2.39. The first kappa shape index (κ1) is 19.4. The third-order valence-corrected chi connectivity index (χ3v) is 5.43. The number of benzene rings is 2. The third kappa shape index (κ3) is 5.08. The molecule has 1 saturated carbocycles. The Morgan fingerprint density at radius 2 is 1.67 bits per heavy atom. The molecule has 0 saturated heterocycles. The van der Waals surface area contributed by atoms with Crippen molar-refractivity contribution in [2.24, 2.45) is 0 Å². The van der Waals surface area contributed by atoms with E-state index in [1.165, 1.54) is 36.4 Å². The van der Waals surface area contributed by atoms with E-state index in [1.54, 1.807) is 0 Å². The summed E-state index contributed by atoms with van der Waals surface area (Å²) in [4.78, 5) is 11.5. The van der Waals surface area contributed by atoms with Crippen LogP contribution in [0.2, 0.25) is 0 Å². The van der Waals surface area contributed by atoms with E-state index in [0.29, 0.717) is 5.56 Å². The molecular formula is C18H17F3N2O3S. The van der Waals surface area contributed by atoms with Crippen molar-refractivity contribution in [2.75, 3.05) is 6.54 Å². The molecule has 3 rings (SSSR count). The highest BCUT2D eigenvalue weighted by Gasteiger charge is 2.30. The zero-order valence-corrected chi connectivity index (χ0v) is 14.9. The molecule has 0 aromatic heterocycles. The fraction of sp³-hybridized carbons (Fsp3) is 0.278. The van der Waals surface area contributed by atoms with Gasteiger partial charge in [-0.05, 0) is 48.2 Å². The quantitative estimate of drug-likeness (QED) is 0.786. The summed E-state index contributed by atoms with van der Waals surface area (Å²) in [6, 6.07) is 10.3. The van der Waals surface area contributed by atoms with Crippen molar-refractivity contribution in [1.29, 1.82) is 0 Å². The molecule has 2 N–H and O–H groups in total. The summed E-state index contributed by atoms with van der Waals surface area (Å²) >= 11 is 0. The number of amides is 1. The topological polar surface area (TPSA) is 75.3 Å². The van der Waals surface area contributed by atoms with E-state index in [4.69, 9.17) is 0 Å². The van der Waals surface area contributed by atoms with Gasteiger partial charge in [-0.1, -0.05) is 24.3 Å². The second kappa shape index (κ2) is 7.32. The average molecular weight is 398 g/mol. The molecule has 1 amide bonds. The molecule has 1 aliphatic rings. The molecule has 27 heavy (non-hydrogen) atoms. The second-order valence-electron chi connectivity index (χ2n) is 6.27. The van der Waals surface area contributed by atoms with Gasteiger partial charge < -0.3 is 5.32 Å². The smallest absolute Gasteiger partial charge is 0.352 e. The molecule has 0 aliphatic heterocycles. The van der Waals surface area contributed by atoms with Gasteiger partial charge in [0.05, 0.1) is 17.0 Å². The number of alkyl halides is 3. The zero-order chi connectivity index (χ0) is 19.7. The Balaban J connectivity index is 1.79. The fourth-order valence-electron chi connectivity index (χ4n) is 2.47. The van der Waals surface area contributed by atoms with Gasteiger partial charge in [0.1, 0.15) is 0 Å². The normalized spacial score (nSPS) is 14.8. The van der Waals surface area contributed by atoms with Crippen molar-refractivity contribution < 1.29 is 26.4 Å². The van der Waals surface area contributed by atoms with Crippen LogP contribution in [0.25, 0.3) is 11.1 Å². The molecule has 144 valence electrons. The van der Waals surface area contributed by atoms with Gasteiger partial charge in [-0.2, -0.15) is 13.2 Å². The van der Waals surface area contributed by atoms with Crippen LogP contribution < -0.4 is 10.0 Å². The van der Waals surface area contributed by atoms with Crippen LogP contribution in [-0.4, -0.2) is 26.9 Å². The molecule has 0 unspecified atom stereocenters. The highest BCUT2D eigenvalue weighted by Crippen LogP contribution is 2.32. The van der Waals surface area contributed by atoms with Crippen LogP contribution in [0.4, 0.5) is 13.2 Å². The van der Waals surface area contributed by atoms with Crippen LogP contribution in [0.5, 0.6) is 0 Å². The summed E-state index contributed by atoms with van der Waals surface area (Å²) in [6.07, 6.45) is -2.72. The minimum Gasteiger partial charge on any atom is -0.352 e. The summed E-state index contributed by atoms with van der Waals surface area (Å²) in [6.45, 7) is -0.396. The Morgan fingerprint density at radius 3 is 2.30 bits per heavy atom. The Morgan fingerprint density at radius 1 is 1.04 bits per heavy atom. The molecule has 1 aliphatic carbocycles. The molecule has 5 nitrogen and oxygen atoms in total. The van der Waals surface area contributed by atoms with E-state index < -0.39 is 34.2 Å². The van der Waals surface area contributed by atoms with E-state index in [9.17, 15) is 26.4 Å². The Kier molecular flexibility index (Phi) is 5.25. The molecule has 0 radical (unpaired) electrons. The lowest BCUT2D eigenvalue weighted by Crippen LogP contribution is -2.37. The van der Waals surface area contributed by atoms with Crippen LogP contribution in [0.1, 0.15) is 18.4 Å². The Bertz CT molecular complexity index is 954. The van der Waals surface area contributed by atoms with E-state index in [-0.39, 0.29) is 16.5 Å². The van der Waals surface area contributed by atoms with Gasteiger partial charge in [0.25, 0.3) is 0 Å². The second-order valence-corrected chi connectivity index (χ2v) is 8.04. The van der Waals surface area contributed by atoms with Crippen molar-refractivity contribution in [3.05, 3.63) is 54.1 Å². The molecule has 9 heteroatoms. The fourth-order valence-corrected chi connectivity index (χ4v) is 3.50. The van der Waals surface area contributed by atoms with Crippen LogP contribution in [-0.2, 0) is 21.0 Å². The SMILES string of the molecule is O=C(CNS(=O)(=O)c1cccc(-c2cccc(C(F)(F)F)c2)c1)NC1CC1. The van der Waals surface area contributed by atoms with E-state index in [0.717, 1.165) is 25.0 Å². The first-order chi connectivity index (χ1) is 12.6. The summed E-state index contributed by atoms with van der Waals surface area (Å²) in [5, 5.41) is 2.66. The third-order valence-electron chi connectivity index (χ3n) is 4.03. The van der Waals surface area contributed by atoms with Gasteiger partial charge >= 0.3 is 6.18 Å². The maximum absolute atomic E-state index is 12.9. The molecule has 2 aromatic rings. The van der Waals surface area contributed by atoms with E-state index >= 15 is 0 Å². The van der Waals surface area contributed by atoms with Gasteiger partial charge in [-0.25, -0.2) is 13.1 Å². The maximum Gasteiger partial charge on any atom is 0.416 e. The number of halogens is 3. The average Bonchev–Trinajstić information content (AvgIpc) is 3.44. The molecule has 0 spiro atoms. The lowest BCUT2D eigenvalue weighted by Gasteiger charge is -2.11. The Labute approximate surface area is 154 Å². The van der Waals surface area contributed by atoms with Gasteiger partial charge in [-0.15, -0.1) is 0 Å². The number of hydrogen-bond donors (Lipinski definition) is 2. The van der Waals surface area contributed by atoms with Gasteiger partial charge in [0.2, 0.25) is 15.9 Å². The van der Waals surface area contributed by atoms with Crippen LogP contribution in [0.15, 0.2) is 53.4 Å². The summed E-state index contributed by atoms with van der Waals surface area (Å²) in [7, 11) is -3.97. The molecule has 1 fully saturated rings. The predicted octanol–water partition coefficient (Wildman–Crippen LogP) is 2.93. The number of rotatable bonds is 6. The predicted molar refractivity (Wildman–Crippen MR) is 93.2 cm³/mol. The molecule has 0 atom stereocenters. The monoisotopic (exact) mass is 398 g/mol. The molecule has 2 aromatic carbocycles. The summed E-state index contributed by atoms with van der Waals surface area (Å²) in [5.41, 5.74) is -0.247. The highest BCUT2D eigenvalue weighted by atomic mass is 32.2. The number of carbonyl (C=O) groups is 1. The van der Waals surface area contributed by atoms with Crippen LogP contribution in [0, 0.1) is 0 Å². The zero-order valence-electron chi connectivity index (χ0n) is 14.1. The first-order valence-corrected chi connectivity index (χ1v) is 9.70. The maximum atomic E-state index is 12.9. The van der Waals surface area contributed by atoms with Crippen molar-refractivity contribution >= 4 is 15.9 Å². The lowest BCUT2D eigenvalue weighted by molar-refractivity contribution is -0.137. The molecule has 0 heterocycles. The largest absolute Gasteiger partial charge is 0.416 e. The lowest BCUT2D eigenvalue weighted by atomic mass is 10.0. The van der Waals surface area contributed by atoms with Gasteiger partial charge in [-0.3, -0.25) is 4.79 Å². The number of hydrogen-bond acceptors (Lipinski definition) is 3. The van der Waals surface area contributed by atoms with E-state index in [1.807, 2.05) is 0 Å². The minimum absolute atomic E-state index is 0.117. The molecular weight excluding hydrogens is 381 g/mol. The number of nitrogens with one attached hydrogen (secondary N) is 2. The summed E-state index contributed by atoms with van der Waals surface area (Å²) in [5.74, 6) is -0.421. The van der Waals surface area contributed by atoms with Gasteiger partial charge in [0, 0.05) is 6.04 Å². The first-order valence-electron chi connectivity index (χ1n) is 8.22. The van der Waals surface area contributed by atoms with E-state index in [2.05, 4.69) is 10.0 Å². The van der Waals surface area contributed by atoms with Crippen molar-refractivity contribution in [1.82, 2.24) is 10.0 Å². The summed E-state index contributed by atoms with van der Waals surface area (Å²) < 4.78 is 65.6.